The van der Waals surface area contributed by atoms with Crippen molar-refractivity contribution in [3.8, 4) is 6.07 Å². The molecule has 0 bridgehead atoms. The van der Waals surface area contributed by atoms with E-state index in [2.05, 4.69) is 0 Å². The Bertz CT molecular complexity index is 1010. The van der Waals surface area contributed by atoms with Gasteiger partial charge in [-0.05, 0) is 43.5 Å². The number of benzene rings is 1. The number of anilines is 1. The Morgan fingerprint density at radius 3 is 1.98 bits per heavy atom. The van der Waals surface area contributed by atoms with Crippen molar-refractivity contribution < 1.29 is 53.8 Å². The number of alkyl halides is 10. The molecule has 0 radical (unpaired) electrons. The first-order valence-corrected chi connectivity index (χ1v) is 13.7. The van der Waals surface area contributed by atoms with Crippen LogP contribution in [0.25, 0.3) is 0 Å². The average molecular weight is 627 g/mol. The van der Waals surface area contributed by atoms with Gasteiger partial charge in [0.25, 0.3) is 12.3 Å². The second-order valence-electron chi connectivity index (χ2n) is 9.65. The summed E-state index contributed by atoms with van der Waals surface area (Å²) in [6, 6.07) is 2.90. The summed E-state index contributed by atoms with van der Waals surface area (Å²) in [5, 5.41) is 19.8. The van der Waals surface area contributed by atoms with E-state index in [9.17, 15) is 53.8 Å². The van der Waals surface area contributed by atoms with Crippen LogP contribution >= 0.6 is 11.9 Å². The van der Waals surface area contributed by atoms with E-state index in [1.807, 2.05) is 6.92 Å². The summed E-state index contributed by atoms with van der Waals surface area (Å²) < 4.78 is 136. The van der Waals surface area contributed by atoms with Gasteiger partial charge in [0.05, 0.1) is 22.9 Å². The van der Waals surface area contributed by atoms with Gasteiger partial charge in [-0.2, -0.15) is 18.4 Å². The Kier molecular flexibility index (Phi) is 14.8. The van der Waals surface area contributed by atoms with Gasteiger partial charge >= 0.3 is 6.18 Å². The van der Waals surface area contributed by atoms with E-state index in [0.29, 0.717) is 12.5 Å². The molecule has 5 unspecified atom stereocenters. The fourth-order valence-electron chi connectivity index (χ4n) is 3.76. The van der Waals surface area contributed by atoms with Crippen LogP contribution < -0.4 is 4.31 Å². The molecular formula is C26H32F10N2O2S. The summed E-state index contributed by atoms with van der Waals surface area (Å²) in [5.74, 6) is -1.45. The zero-order valence-corrected chi connectivity index (χ0v) is 23.1. The van der Waals surface area contributed by atoms with Crippen molar-refractivity contribution in [3.05, 3.63) is 29.3 Å². The number of nitriles is 1. The van der Waals surface area contributed by atoms with Gasteiger partial charge in [0.2, 0.25) is 0 Å². The lowest BCUT2D eigenvalue weighted by Crippen LogP contribution is -2.47. The van der Waals surface area contributed by atoms with E-state index >= 15 is 0 Å². The molecule has 6 atom stereocenters. The number of unbranched alkanes of at least 4 members (excludes halogenated alkanes) is 6. The largest absolute Gasteiger partial charge is 0.417 e. The van der Waals surface area contributed by atoms with Crippen LogP contribution in [-0.2, 0) is 11.0 Å². The predicted octanol–water partition coefficient (Wildman–Crippen LogP) is 8.36. The molecule has 0 aliphatic rings. The molecule has 1 aromatic carbocycles. The Balaban J connectivity index is 3.30. The van der Waals surface area contributed by atoms with Crippen LogP contribution in [0.5, 0.6) is 0 Å². The Morgan fingerprint density at radius 1 is 0.927 bits per heavy atom. The number of carbonyl (C=O) groups is 1. The average Bonchev–Trinajstić information content (AvgIpc) is 2.92. The first kappa shape index (κ1) is 36.8. The molecule has 0 heterocycles. The number of hydrogen-bond donors (Lipinski definition) is 1. The van der Waals surface area contributed by atoms with Crippen molar-refractivity contribution in [2.24, 2.45) is 0 Å². The minimum atomic E-state index is -5.14. The highest BCUT2D eigenvalue weighted by atomic mass is 32.2. The molecule has 0 saturated heterocycles. The Labute approximate surface area is 236 Å². The molecule has 1 rings (SSSR count). The summed E-state index contributed by atoms with van der Waals surface area (Å²) in [4.78, 5) is 13.2. The summed E-state index contributed by atoms with van der Waals surface area (Å²) >= 11 is -0.592. The molecule has 0 aromatic heterocycles. The maximum Gasteiger partial charge on any atom is 0.417 e. The topological polar surface area (TPSA) is 64.3 Å². The van der Waals surface area contributed by atoms with Crippen LogP contribution in [0.15, 0.2) is 18.2 Å². The third kappa shape index (κ3) is 10.9. The third-order valence-corrected chi connectivity index (χ3v) is 7.23. The molecule has 0 aliphatic carbocycles. The zero-order chi connectivity index (χ0) is 31.5. The molecule has 1 aromatic rings. The summed E-state index contributed by atoms with van der Waals surface area (Å²) in [5.41, 5.74) is -8.94. The van der Waals surface area contributed by atoms with E-state index in [-0.39, 0.29) is 23.2 Å². The number of aliphatic hydroxyl groups is 1. The SMILES string of the molecule is CCCCCCCCC[C@](C)(O)C(=O)N(SC(F)C(F)C(F)C(F)C(F)C(F)F)c1ccc(C#N)c(C(F)(F)F)c1. The summed E-state index contributed by atoms with van der Waals surface area (Å²) in [6.07, 6.45) is -19.0. The highest BCUT2D eigenvalue weighted by Crippen LogP contribution is 2.39. The molecule has 234 valence electrons. The van der Waals surface area contributed by atoms with Crippen molar-refractivity contribution in [1.29, 1.82) is 5.26 Å². The van der Waals surface area contributed by atoms with Gasteiger partial charge < -0.3 is 5.11 Å². The van der Waals surface area contributed by atoms with Gasteiger partial charge in [-0.3, -0.25) is 4.79 Å². The minimum absolute atomic E-state index is 0.0922. The molecular weight excluding hydrogens is 594 g/mol. The lowest BCUT2D eigenvalue weighted by molar-refractivity contribution is -0.138. The number of amides is 1. The van der Waals surface area contributed by atoms with E-state index in [4.69, 9.17) is 5.26 Å². The molecule has 41 heavy (non-hydrogen) atoms. The number of nitrogens with zero attached hydrogens (tertiary/aromatic N) is 2. The maximum absolute atomic E-state index is 14.8. The van der Waals surface area contributed by atoms with Crippen LogP contribution in [0.4, 0.5) is 49.6 Å². The third-order valence-electron chi connectivity index (χ3n) is 6.19. The fourth-order valence-corrected chi connectivity index (χ4v) is 4.76. The lowest BCUT2D eigenvalue weighted by atomic mass is 9.96. The van der Waals surface area contributed by atoms with Crippen LogP contribution in [0, 0.1) is 11.3 Å². The molecule has 15 heteroatoms. The molecule has 0 spiro atoms. The van der Waals surface area contributed by atoms with Gasteiger partial charge in [0.1, 0.15) is 5.60 Å². The standard InChI is InChI=1S/C26H32F10N2O2S/c1-3-4-5-6-7-8-9-12-25(2,40)24(39)38(16-11-10-15(14-37)17(13-16)26(34,35)36)41-23(33)21(30)19(28)18(27)20(29)22(31)32/h10-11,13,18-23,40H,3-9,12H2,1-2H3/t18?,19?,20?,21?,23?,25-/m0/s1. The number of rotatable bonds is 17. The monoisotopic (exact) mass is 626 g/mol. The van der Waals surface area contributed by atoms with Crippen LogP contribution in [0.3, 0.4) is 0 Å². The second kappa shape index (κ2) is 16.4. The Hall–Kier alpha value is -2.21. The van der Waals surface area contributed by atoms with Crippen LogP contribution in [0.2, 0.25) is 0 Å². The van der Waals surface area contributed by atoms with Gasteiger partial charge in [-0.1, -0.05) is 51.9 Å². The van der Waals surface area contributed by atoms with Crippen molar-refractivity contribution >= 4 is 23.5 Å². The molecule has 0 fully saturated rings. The number of hydrogen-bond acceptors (Lipinski definition) is 4. The fraction of sp³-hybridized carbons (Fsp3) is 0.692. The molecule has 1 amide bonds. The minimum Gasteiger partial charge on any atom is -0.380 e. The van der Waals surface area contributed by atoms with Gasteiger partial charge in [-0.15, -0.1) is 0 Å². The Morgan fingerprint density at radius 2 is 1.46 bits per heavy atom. The van der Waals surface area contributed by atoms with E-state index in [0.717, 1.165) is 45.1 Å². The second-order valence-corrected chi connectivity index (χ2v) is 10.7. The first-order chi connectivity index (χ1) is 19.0. The van der Waals surface area contributed by atoms with Crippen molar-refractivity contribution in [3.63, 3.8) is 0 Å². The quantitative estimate of drug-likeness (QED) is 0.107. The van der Waals surface area contributed by atoms with Gasteiger partial charge in [0, 0.05) is 0 Å². The van der Waals surface area contributed by atoms with Gasteiger partial charge in [-0.25, -0.2) is 35.0 Å². The highest BCUT2D eigenvalue weighted by molar-refractivity contribution is 8.01. The highest BCUT2D eigenvalue weighted by Gasteiger charge is 2.46. The maximum atomic E-state index is 14.8. The smallest absolute Gasteiger partial charge is 0.380 e. The summed E-state index contributed by atoms with van der Waals surface area (Å²) in [6.45, 7) is 3.00. The van der Waals surface area contributed by atoms with Crippen molar-refractivity contribution in [1.82, 2.24) is 0 Å². The molecule has 1 N–H and O–H groups in total. The zero-order valence-electron chi connectivity index (χ0n) is 22.3. The van der Waals surface area contributed by atoms with Crippen LogP contribution in [-0.4, -0.2) is 53.2 Å². The van der Waals surface area contributed by atoms with E-state index in [1.54, 1.807) is 0 Å². The normalized spacial score (nSPS) is 17.3. The lowest BCUT2D eigenvalue weighted by Gasteiger charge is -2.32. The van der Waals surface area contributed by atoms with E-state index in [1.165, 1.54) is 6.07 Å². The number of halogens is 10. The first-order valence-electron chi connectivity index (χ1n) is 12.8. The van der Waals surface area contributed by atoms with Crippen molar-refractivity contribution in [2.75, 3.05) is 4.31 Å². The molecule has 0 aliphatic heterocycles. The van der Waals surface area contributed by atoms with E-state index < -0.39 is 83.1 Å². The van der Waals surface area contributed by atoms with Crippen LogP contribution in [0.1, 0.15) is 76.3 Å². The molecule has 0 saturated carbocycles. The van der Waals surface area contributed by atoms with Crippen molar-refractivity contribution in [2.45, 2.75) is 114 Å². The number of carbonyl (C=O) groups excluding carboxylic acids is 1. The predicted molar refractivity (Wildman–Crippen MR) is 135 cm³/mol. The molecule has 4 nitrogen and oxygen atoms in total. The van der Waals surface area contributed by atoms with Gasteiger partial charge in [0.15, 0.2) is 30.2 Å². The summed E-state index contributed by atoms with van der Waals surface area (Å²) in [7, 11) is 0.